The molecule has 1 unspecified atom stereocenters. The van der Waals surface area contributed by atoms with Gasteiger partial charge in [-0.2, -0.15) is 0 Å². The molecule has 0 spiro atoms. The Morgan fingerprint density at radius 3 is 2.53 bits per heavy atom. The Morgan fingerprint density at radius 1 is 1.32 bits per heavy atom. The molecule has 1 aromatic rings. The van der Waals surface area contributed by atoms with Crippen molar-refractivity contribution in [2.45, 2.75) is 27.3 Å². The van der Waals surface area contributed by atoms with Crippen molar-refractivity contribution in [3.8, 4) is 0 Å². The van der Waals surface area contributed by atoms with E-state index >= 15 is 0 Å². The molecule has 0 saturated carbocycles. The summed E-state index contributed by atoms with van der Waals surface area (Å²) in [5, 5.41) is 12.1. The lowest BCUT2D eigenvalue weighted by atomic mass is 10.1. The van der Waals surface area contributed by atoms with Crippen molar-refractivity contribution >= 4 is 5.69 Å². The van der Waals surface area contributed by atoms with E-state index in [2.05, 4.69) is 5.32 Å². The van der Waals surface area contributed by atoms with Gasteiger partial charge in [0.25, 0.3) is 0 Å². The lowest BCUT2D eigenvalue weighted by Crippen LogP contribution is -2.24. The second-order valence-electron chi connectivity index (χ2n) is 4.88. The van der Waals surface area contributed by atoms with Crippen molar-refractivity contribution in [1.29, 1.82) is 0 Å². The first-order valence-corrected chi connectivity index (χ1v) is 6.97. The van der Waals surface area contributed by atoms with Crippen molar-refractivity contribution in [3.05, 3.63) is 29.6 Å². The van der Waals surface area contributed by atoms with Gasteiger partial charge in [-0.25, -0.2) is 4.39 Å². The molecule has 0 amide bonds. The van der Waals surface area contributed by atoms with Gasteiger partial charge in [0.15, 0.2) is 0 Å². The molecule has 3 nitrogen and oxygen atoms in total. The smallest absolute Gasteiger partial charge is 0.146 e. The van der Waals surface area contributed by atoms with Crippen LogP contribution in [0, 0.1) is 11.7 Å². The molecule has 0 radical (unpaired) electrons. The highest BCUT2D eigenvalue weighted by Crippen LogP contribution is 2.20. The van der Waals surface area contributed by atoms with Crippen LogP contribution in [-0.4, -0.2) is 31.3 Å². The Balaban J connectivity index is 2.61. The molecule has 0 aliphatic heterocycles. The minimum absolute atomic E-state index is 0.168. The minimum atomic E-state index is -0.168. The van der Waals surface area contributed by atoms with E-state index in [9.17, 15) is 4.39 Å². The summed E-state index contributed by atoms with van der Waals surface area (Å²) >= 11 is 0. The van der Waals surface area contributed by atoms with Crippen LogP contribution in [0.3, 0.4) is 0 Å². The van der Waals surface area contributed by atoms with Gasteiger partial charge in [0.2, 0.25) is 0 Å². The third-order valence-electron chi connectivity index (χ3n) is 3.25. The quantitative estimate of drug-likeness (QED) is 0.760. The van der Waals surface area contributed by atoms with Gasteiger partial charge in [0, 0.05) is 32.8 Å². The van der Waals surface area contributed by atoms with Gasteiger partial charge in [0.05, 0.1) is 5.69 Å². The number of nitrogens with one attached hydrogen (secondary N) is 1. The fourth-order valence-corrected chi connectivity index (χ4v) is 2.01. The third-order valence-corrected chi connectivity index (χ3v) is 3.25. The normalized spacial score (nSPS) is 12.5. The van der Waals surface area contributed by atoms with Crippen LogP contribution >= 0.6 is 0 Å². The fourth-order valence-electron chi connectivity index (χ4n) is 2.01. The highest BCUT2D eigenvalue weighted by atomic mass is 19.1. The number of halogens is 1. The number of hydrogen-bond acceptors (Lipinski definition) is 3. The van der Waals surface area contributed by atoms with Crippen LogP contribution in [-0.2, 0) is 6.54 Å². The van der Waals surface area contributed by atoms with Crippen LogP contribution in [0.25, 0.3) is 0 Å². The van der Waals surface area contributed by atoms with E-state index in [4.69, 9.17) is 5.11 Å². The number of aliphatic hydroxyl groups is 1. The first kappa shape index (κ1) is 15.9. The number of benzene rings is 1. The summed E-state index contributed by atoms with van der Waals surface area (Å²) in [6.07, 6.45) is 0. The first-order valence-electron chi connectivity index (χ1n) is 6.97. The van der Waals surface area contributed by atoms with Gasteiger partial charge in [0.1, 0.15) is 5.82 Å². The molecule has 1 aromatic carbocycles. The molecule has 0 bridgehead atoms. The fraction of sp³-hybridized carbons (Fsp3) is 0.600. The highest BCUT2D eigenvalue weighted by molar-refractivity contribution is 5.49. The predicted octanol–water partition coefficient (Wildman–Crippen LogP) is 2.39. The van der Waals surface area contributed by atoms with Crippen molar-refractivity contribution < 1.29 is 9.50 Å². The molecular formula is C15H25FN2O. The molecule has 0 fully saturated rings. The largest absolute Gasteiger partial charge is 0.396 e. The van der Waals surface area contributed by atoms with Crippen molar-refractivity contribution in [2.75, 3.05) is 31.1 Å². The van der Waals surface area contributed by atoms with Crippen molar-refractivity contribution in [2.24, 2.45) is 5.92 Å². The summed E-state index contributed by atoms with van der Waals surface area (Å²) in [4.78, 5) is 2.00. The van der Waals surface area contributed by atoms with E-state index < -0.39 is 0 Å². The molecule has 1 atom stereocenters. The number of nitrogens with zero attached hydrogens (tertiary/aromatic N) is 1. The lowest BCUT2D eigenvalue weighted by Gasteiger charge is -2.22. The zero-order valence-electron chi connectivity index (χ0n) is 12.1. The standard InChI is InChI=1S/C15H25FN2O/c1-4-18(5-2)15-7-6-13(8-14(15)16)10-17-9-12(3)11-19/h6-8,12,17,19H,4-5,9-11H2,1-3H3. The van der Waals surface area contributed by atoms with E-state index in [0.717, 1.165) is 25.2 Å². The molecule has 0 aromatic heterocycles. The Hall–Kier alpha value is -1.13. The summed E-state index contributed by atoms with van der Waals surface area (Å²) in [6.45, 7) is 9.15. The number of aliphatic hydroxyl groups excluding tert-OH is 1. The summed E-state index contributed by atoms with van der Waals surface area (Å²) in [6, 6.07) is 5.38. The predicted molar refractivity (Wildman–Crippen MR) is 77.9 cm³/mol. The van der Waals surface area contributed by atoms with E-state index in [1.807, 2.05) is 37.8 Å². The Bertz CT molecular complexity index is 380. The van der Waals surface area contributed by atoms with E-state index in [1.165, 1.54) is 0 Å². The van der Waals surface area contributed by atoms with E-state index in [1.54, 1.807) is 6.07 Å². The molecule has 4 heteroatoms. The van der Waals surface area contributed by atoms with E-state index in [0.29, 0.717) is 12.2 Å². The molecular weight excluding hydrogens is 243 g/mol. The Kier molecular flexibility index (Phi) is 6.81. The number of anilines is 1. The van der Waals surface area contributed by atoms with Gasteiger partial charge in [-0.1, -0.05) is 13.0 Å². The average molecular weight is 268 g/mol. The summed E-state index contributed by atoms with van der Waals surface area (Å²) in [7, 11) is 0. The maximum atomic E-state index is 14.0. The van der Waals surface area contributed by atoms with Crippen LogP contribution < -0.4 is 10.2 Å². The van der Waals surface area contributed by atoms with Crippen LogP contribution in [0.15, 0.2) is 18.2 Å². The highest BCUT2D eigenvalue weighted by Gasteiger charge is 2.09. The third kappa shape index (κ3) is 4.80. The molecule has 19 heavy (non-hydrogen) atoms. The second kappa shape index (κ2) is 8.12. The molecule has 0 aliphatic carbocycles. The van der Waals surface area contributed by atoms with Crippen LogP contribution in [0.5, 0.6) is 0 Å². The molecule has 0 heterocycles. The van der Waals surface area contributed by atoms with Gasteiger partial charge >= 0.3 is 0 Å². The lowest BCUT2D eigenvalue weighted by molar-refractivity contribution is 0.233. The summed E-state index contributed by atoms with van der Waals surface area (Å²) in [5.74, 6) is 0.0537. The second-order valence-corrected chi connectivity index (χ2v) is 4.88. The van der Waals surface area contributed by atoms with Gasteiger partial charge in [-0.05, 0) is 37.5 Å². The summed E-state index contributed by atoms with van der Waals surface area (Å²) in [5.41, 5.74) is 1.59. The average Bonchev–Trinajstić information content (AvgIpc) is 2.42. The van der Waals surface area contributed by atoms with Crippen molar-refractivity contribution in [3.63, 3.8) is 0 Å². The molecule has 108 valence electrons. The van der Waals surface area contributed by atoms with Gasteiger partial charge < -0.3 is 15.3 Å². The molecule has 2 N–H and O–H groups in total. The first-order chi connectivity index (χ1) is 9.12. The maximum absolute atomic E-state index is 14.0. The topological polar surface area (TPSA) is 35.5 Å². The number of hydrogen-bond donors (Lipinski definition) is 2. The zero-order valence-corrected chi connectivity index (χ0v) is 12.1. The Labute approximate surface area is 115 Å². The van der Waals surface area contributed by atoms with Crippen LogP contribution in [0.2, 0.25) is 0 Å². The van der Waals surface area contributed by atoms with Crippen LogP contribution in [0.4, 0.5) is 10.1 Å². The monoisotopic (exact) mass is 268 g/mol. The maximum Gasteiger partial charge on any atom is 0.146 e. The van der Waals surface area contributed by atoms with E-state index in [-0.39, 0.29) is 18.3 Å². The van der Waals surface area contributed by atoms with Gasteiger partial charge in [-0.3, -0.25) is 0 Å². The Morgan fingerprint density at radius 2 is 2.00 bits per heavy atom. The van der Waals surface area contributed by atoms with Crippen molar-refractivity contribution in [1.82, 2.24) is 5.32 Å². The van der Waals surface area contributed by atoms with Crippen LogP contribution in [0.1, 0.15) is 26.3 Å². The molecule has 0 aliphatic rings. The van der Waals surface area contributed by atoms with Gasteiger partial charge in [-0.15, -0.1) is 0 Å². The number of rotatable bonds is 8. The zero-order chi connectivity index (χ0) is 14.3. The SMILES string of the molecule is CCN(CC)c1ccc(CNCC(C)CO)cc1F. The summed E-state index contributed by atoms with van der Waals surface area (Å²) < 4.78 is 14.0. The molecule has 0 saturated heterocycles. The minimum Gasteiger partial charge on any atom is -0.396 e. The molecule has 1 rings (SSSR count).